The molecule has 1 N–H and O–H groups in total. The van der Waals surface area contributed by atoms with Crippen LogP contribution in [0.15, 0.2) is 29.2 Å². The van der Waals surface area contributed by atoms with E-state index in [1.54, 1.807) is 18.2 Å². The summed E-state index contributed by atoms with van der Waals surface area (Å²) in [7, 11) is 0. The molecule has 1 aliphatic rings. The molecule has 0 spiro atoms. The van der Waals surface area contributed by atoms with E-state index in [-0.39, 0.29) is 24.0 Å². The first-order valence-corrected chi connectivity index (χ1v) is 6.35. The molecule has 0 aliphatic carbocycles. The standard InChI is InChI=1S/C13H10N2O3S/c14-5-2-6-15-12(17)11(19-13(15)18)8-9-3-1-4-10(16)7-9/h1,3-4,7-8,16H,2,6H2/b11-8-. The Labute approximate surface area is 114 Å². The van der Waals surface area contributed by atoms with Gasteiger partial charge < -0.3 is 5.11 Å². The first kappa shape index (κ1) is 13.2. The van der Waals surface area contributed by atoms with Gasteiger partial charge in [-0.3, -0.25) is 14.5 Å². The lowest BCUT2D eigenvalue weighted by atomic mass is 10.2. The van der Waals surface area contributed by atoms with Crippen molar-refractivity contribution in [1.29, 1.82) is 5.26 Å². The van der Waals surface area contributed by atoms with Crippen LogP contribution in [0.25, 0.3) is 6.08 Å². The molecule has 6 heteroatoms. The number of carbonyl (C=O) groups excluding carboxylic acids is 2. The third-order valence-corrected chi connectivity index (χ3v) is 3.40. The molecular formula is C13H10N2O3S. The second kappa shape index (κ2) is 5.59. The molecular weight excluding hydrogens is 264 g/mol. The highest BCUT2D eigenvalue weighted by Gasteiger charge is 2.34. The summed E-state index contributed by atoms with van der Waals surface area (Å²) in [6.45, 7) is 0.110. The van der Waals surface area contributed by atoms with Gasteiger partial charge in [0.15, 0.2) is 0 Å². The highest BCUT2D eigenvalue weighted by atomic mass is 32.2. The summed E-state index contributed by atoms with van der Waals surface area (Å²) in [4.78, 5) is 24.9. The number of aromatic hydroxyl groups is 1. The quantitative estimate of drug-likeness (QED) is 0.855. The largest absolute Gasteiger partial charge is 0.508 e. The minimum Gasteiger partial charge on any atom is -0.508 e. The van der Waals surface area contributed by atoms with Crippen molar-refractivity contribution in [3.63, 3.8) is 0 Å². The van der Waals surface area contributed by atoms with Crippen molar-refractivity contribution in [3.8, 4) is 11.8 Å². The van der Waals surface area contributed by atoms with Gasteiger partial charge in [-0.25, -0.2) is 0 Å². The summed E-state index contributed by atoms with van der Waals surface area (Å²) in [6, 6.07) is 8.31. The number of nitriles is 1. The number of hydrogen-bond donors (Lipinski definition) is 1. The zero-order valence-electron chi connectivity index (χ0n) is 9.87. The van der Waals surface area contributed by atoms with Crippen molar-refractivity contribution in [2.45, 2.75) is 6.42 Å². The van der Waals surface area contributed by atoms with E-state index in [1.807, 2.05) is 6.07 Å². The van der Waals surface area contributed by atoms with E-state index in [2.05, 4.69) is 0 Å². The molecule has 19 heavy (non-hydrogen) atoms. The maximum Gasteiger partial charge on any atom is 0.293 e. The van der Waals surface area contributed by atoms with Crippen molar-refractivity contribution in [2.75, 3.05) is 6.54 Å². The summed E-state index contributed by atoms with van der Waals surface area (Å²) in [5.41, 5.74) is 0.644. The Bertz CT molecular complexity index is 604. The fourth-order valence-electron chi connectivity index (χ4n) is 1.62. The molecule has 1 fully saturated rings. The number of imide groups is 1. The van der Waals surface area contributed by atoms with E-state index in [1.165, 1.54) is 12.1 Å². The average Bonchev–Trinajstić information content (AvgIpc) is 2.62. The maximum atomic E-state index is 12.0. The molecule has 0 saturated carbocycles. The number of nitrogens with zero attached hydrogens (tertiary/aromatic N) is 2. The van der Waals surface area contributed by atoms with Crippen LogP contribution in [0.4, 0.5) is 4.79 Å². The summed E-state index contributed by atoms with van der Waals surface area (Å²) < 4.78 is 0. The molecule has 0 atom stereocenters. The zero-order valence-corrected chi connectivity index (χ0v) is 10.7. The molecule has 0 radical (unpaired) electrons. The monoisotopic (exact) mass is 274 g/mol. The molecule has 96 valence electrons. The molecule has 1 saturated heterocycles. The summed E-state index contributed by atoms with van der Waals surface area (Å²) in [5, 5.41) is 17.5. The van der Waals surface area contributed by atoms with Gasteiger partial charge in [-0.2, -0.15) is 5.26 Å². The van der Waals surface area contributed by atoms with Gasteiger partial charge in [-0.1, -0.05) is 12.1 Å². The number of hydrogen-bond acceptors (Lipinski definition) is 5. The topological polar surface area (TPSA) is 81.4 Å². The van der Waals surface area contributed by atoms with E-state index < -0.39 is 5.91 Å². The van der Waals surface area contributed by atoms with E-state index in [0.717, 1.165) is 16.7 Å². The zero-order chi connectivity index (χ0) is 13.8. The predicted octanol–water partition coefficient (Wildman–Crippen LogP) is 2.34. The van der Waals surface area contributed by atoms with E-state index in [0.29, 0.717) is 10.5 Å². The van der Waals surface area contributed by atoms with Crippen LogP contribution in [0.1, 0.15) is 12.0 Å². The lowest BCUT2D eigenvalue weighted by Crippen LogP contribution is -2.28. The first-order valence-electron chi connectivity index (χ1n) is 5.53. The molecule has 1 heterocycles. The Morgan fingerprint density at radius 2 is 2.21 bits per heavy atom. The number of carbonyl (C=O) groups is 2. The van der Waals surface area contributed by atoms with Crippen molar-refractivity contribution in [2.24, 2.45) is 0 Å². The van der Waals surface area contributed by atoms with Crippen LogP contribution in [0.3, 0.4) is 0 Å². The highest BCUT2D eigenvalue weighted by Crippen LogP contribution is 2.32. The predicted molar refractivity (Wildman–Crippen MR) is 71.0 cm³/mol. The molecule has 1 aromatic rings. The Morgan fingerprint density at radius 1 is 1.42 bits per heavy atom. The number of thioether (sulfide) groups is 1. The molecule has 1 aliphatic heterocycles. The van der Waals surface area contributed by atoms with Crippen molar-refractivity contribution in [1.82, 2.24) is 4.90 Å². The van der Waals surface area contributed by atoms with Gasteiger partial charge >= 0.3 is 0 Å². The second-order valence-corrected chi connectivity index (χ2v) is 4.83. The lowest BCUT2D eigenvalue weighted by Gasteiger charge is -2.08. The van der Waals surface area contributed by atoms with Gasteiger partial charge in [0.1, 0.15) is 5.75 Å². The molecule has 2 amide bonds. The van der Waals surface area contributed by atoms with E-state index in [9.17, 15) is 14.7 Å². The van der Waals surface area contributed by atoms with Crippen molar-refractivity contribution >= 4 is 29.0 Å². The minimum absolute atomic E-state index is 0.0949. The van der Waals surface area contributed by atoms with Crippen molar-refractivity contribution in [3.05, 3.63) is 34.7 Å². The molecule has 5 nitrogen and oxygen atoms in total. The minimum atomic E-state index is -0.395. The number of phenolic OH excluding ortho intramolecular Hbond substituents is 1. The van der Waals surface area contributed by atoms with Gasteiger partial charge in [0.2, 0.25) is 0 Å². The molecule has 2 rings (SSSR count). The van der Waals surface area contributed by atoms with E-state index >= 15 is 0 Å². The Morgan fingerprint density at radius 3 is 2.89 bits per heavy atom. The number of amides is 2. The van der Waals surface area contributed by atoms with Gasteiger partial charge in [0.25, 0.3) is 11.1 Å². The Hall–Kier alpha value is -2.26. The molecule has 0 aromatic heterocycles. The maximum absolute atomic E-state index is 12.0. The molecule has 0 bridgehead atoms. The van der Waals surface area contributed by atoms with Crippen LogP contribution in [0.5, 0.6) is 5.75 Å². The van der Waals surface area contributed by atoms with Crippen LogP contribution in [-0.2, 0) is 4.79 Å². The number of rotatable bonds is 3. The fourth-order valence-corrected chi connectivity index (χ4v) is 2.49. The number of benzene rings is 1. The SMILES string of the molecule is N#CCCN1C(=O)S/C(=C\c2cccc(O)c2)C1=O. The fraction of sp³-hybridized carbons (Fsp3) is 0.154. The smallest absolute Gasteiger partial charge is 0.293 e. The van der Waals surface area contributed by atoms with Crippen LogP contribution >= 0.6 is 11.8 Å². The average molecular weight is 274 g/mol. The number of phenols is 1. The van der Waals surface area contributed by atoms with Crippen LogP contribution in [0, 0.1) is 11.3 Å². The Balaban J connectivity index is 2.21. The summed E-state index contributed by atoms with van der Waals surface area (Å²) in [6.07, 6.45) is 1.68. The van der Waals surface area contributed by atoms with Crippen LogP contribution in [-0.4, -0.2) is 27.7 Å². The van der Waals surface area contributed by atoms with E-state index in [4.69, 9.17) is 5.26 Å². The lowest BCUT2D eigenvalue weighted by molar-refractivity contribution is -0.122. The third kappa shape index (κ3) is 2.95. The van der Waals surface area contributed by atoms with Crippen LogP contribution < -0.4 is 0 Å². The summed E-state index contributed by atoms with van der Waals surface area (Å²) in [5.74, 6) is -0.300. The summed E-state index contributed by atoms with van der Waals surface area (Å²) >= 11 is 0.840. The normalized spacial score (nSPS) is 17.0. The van der Waals surface area contributed by atoms with Gasteiger partial charge in [-0.15, -0.1) is 0 Å². The van der Waals surface area contributed by atoms with Gasteiger partial charge in [-0.05, 0) is 35.5 Å². The van der Waals surface area contributed by atoms with Crippen LogP contribution in [0.2, 0.25) is 0 Å². The molecule has 0 unspecified atom stereocenters. The second-order valence-electron chi connectivity index (χ2n) is 3.84. The molecule has 1 aromatic carbocycles. The Kier molecular flexibility index (Phi) is 3.88. The third-order valence-electron chi connectivity index (χ3n) is 2.49. The van der Waals surface area contributed by atoms with Gasteiger partial charge in [0.05, 0.1) is 17.4 Å². The van der Waals surface area contributed by atoms with Crippen molar-refractivity contribution < 1.29 is 14.7 Å². The van der Waals surface area contributed by atoms with Gasteiger partial charge in [0, 0.05) is 6.54 Å². The highest BCUT2D eigenvalue weighted by molar-refractivity contribution is 8.18. The first-order chi connectivity index (χ1) is 9.11.